The molecule has 3 aliphatic rings. The number of imidazole rings is 1. The number of hydrogen-bond donors (Lipinski definition) is 2. The van der Waals surface area contributed by atoms with E-state index in [1.807, 2.05) is 24.3 Å². The summed E-state index contributed by atoms with van der Waals surface area (Å²) in [6.45, 7) is 3.89. The Hall–Kier alpha value is -3.63. The van der Waals surface area contributed by atoms with E-state index in [2.05, 4.69) is 31.7 Å². The molecule has 11 heteroatoms. The molecular formula is C22H25FN8O2. The Morgan fingerprint density at radius 2 is 2.15 bits per heavy atom. The second kappa shape index (κ2) is 6.93. The minimum Gasteiger partial charge on any atom is -0.478 e. The molecule has 3 aromatic heterocycles. The highest BCUT2D eigenvalue weighted by molar-refractivity contribution is 5.87. The van der Waals surface area contributed by atoms with Gasteiger partial charge in [0, 0.05) is 30.9 Å². The molecule has 2 unspecified atom stereocenters. The number of aromatic nitrogens is 5. The van der Waals surface area contributed by atoms with E-state index in [0.717, 1.165) is 12.0 Å². The standard InChI is InChI=1S/C22H25FN8O2/c1-4-18(32)25-14-10-30(8-13(14)23)17-11-31-16(22-5-12(22)6-22)7-24-20(31)19(27-17)26-15-9-29(2)28-21(15)33-3/h4,7,9,11-14H,1,5-6,8,10H2,2-3H3,(H,25,32)(H,26,27). The van der Waals surface area contributed by atoms with Crippen LogP contribution in [0.2, 0.25) is 0 Å². The molecule has 3 fully saturated rings. The Kier molecular flexibility index (Phi) is 4.20. The lowest BCUT2D eigenvalue weighted by atomic mass is 10.1. The van der Waals surface area contributed by atoms with Crippen molar-refractivity contribution < 1.29 is 13.9 Å². The molecule has 0 bridgehead atoms. The van der Waals surface area contributed by atoms with Crippen LogP contribution in [0, 0.1) is 5.92 Å². The molecule has 10 nitrogen and oxygen atoms in total. The van der Waals surface area contributed by atoms with Gasteiger partial charge in [0.1, 0.15) is 17.7 Å². The topological polar surface area (TPSA) is 102 Å². The highest BCUT2D eigenvalue weighted by Gasteiger charge is 2.71. The molecule has 4 heterocycles. The third kappa shape index (κ3) is 3.13. The fraction of sp³-hybridized carbons (Fsp3) is 0.455. The second-order valence-corrected chi connectivity index (χ2v) is 9.14. The number of carbonyl (C=O) groups excluding carboxylic acids is 1. The Morgan fingerprint density at radius 3 is 2.85 bits per heavy atom. The number of hydrogen-bond acceptors (Lipinski definition) is 7. The maximum absolute atomic E-state index is 14.7. The molecule has 2 saturated carbocycles. The summed E-state index contributed by atoms with van der Waals surface area (Å²) in [7, 11) is 3.37. The Labute approximate surface area is 189 Å². The predicted molar refractivity (Wildman–Crippen MR) is 120 cm³/mol. The van der Waals surface area contributed by atoms with Crippen LogP contribution < -0.4 is 20.3 Å². The summed E-state index contributed by atoms with van der Waals surface area (Å²) >= 11 is 0. The average Bonchev–Trinajstić information content (AvgIpc) is 3.46. The van der Waals surface area contributed by atoms with Crippen LogP contribution in [0.25, 0.3) is 5.65 Å². The van der Waals surface area contributed by atoms with Crippen molar-refractivity contribution in [3.63, 3.8) is 0 Å². The lowest BCUT2D eigenvalue weighted by molar-refractivity contribution is -0.117. The van der Waals surface area contributed by atoms with E-state index >= 15 is 0 Å². The number of carbonyl (C=O) groups is 1. The smallest absolute Gasteiger partial charge is 0.256 e. The van der Waals surface area contributed by atoms with Gasteiger partial charge in [-0.2, -0.15) is 0 Å². The van der Waals surface area contributed by atoms with Crippen molar-refractivity contribution in [1.29, 1.82) is 0 Å². The summed E-state index contributed by atoms with van der Waals surface area (Å²) in [5.41, 5.74) is 2.75. The minimum absolute atomic E-state index is 0.133. The van der Waals surface area contributed by atoms with Gasteiger partial charge in [0.15, 0.2) is 11.5 Å². The molecule has 1 aliphatic heterocycles. The first-order valence-corrected chi connectivity index (χ1v) is 11.0. The maximum atomic E-state index is 14.7. The zero-order chi connectivity index (χ0) is 22.9. The largest absolute Gasteiger partial charge is 0.478 e. The fourth-order valence-electron chi connectivity index (χ4n) is 4.86. The van der Waals surface area contributed by atoms with Crippen molar-refractivity contribution in [2.75, 3.05) is 30.4 Å². The summed E-state index contributed by atoms with van der Waals surface area (Å²) in [6, 6.07) is -0.625. The lowest BCUT2D eigenvalue weighted by Crippen LogP contribution is -2.40. The maximum Gasteiger partial charge on any atom is 0.256 e. The molecule has 2 atom stereocenters. The number of methoxy groups -OCH3 is 1. The second-order valence-electron chi connectivity index (χ2n) is 9.14. The number of fused-ring (bicyclic) bond motifs is 2. The molecule has 1 amide bonds. The normalized spacial score (nSPS) is 27.4. The van der Waals surface area contributed by atoms with Crippen LogP contribution in [0.4, 0.5) is 21.7 Å². The lowest BCUT2D eigenvalue weighted by Gasteiger charge is -2.19. The number of halogens is 1. The van der Waals surface area contributed by atoms with Crippen LogP contribution in [0.3, 0.4) is 0 Å². The molecule has 172 valence electrons. The van der Waals surface area contributed by atoms with Crippen molar-refractivity contribution in [3.8, 4) is 5.88 Å². The van der Waals surface area contributed by atoms with Crippen molar-refractivity contribution in [2.24, 2.45) is 13.0 Å². The summed E-state index contributed by atoms with van der Waals surface area (Å²) in [5, 5.41) is 10.3. The van der Waals surface area contributed by atoms with Crippen LogP contribution in [0.1, 0.15) is 18.5 Å². The average molecular weight is 452 g/mol. The molecule has 0 aromatic carbocycles. The molecule has 1 saturated heterocycles. The molecule has 3 aromatic rings. The summed E-state index contributed by atoms with van der Waals surface area (Å²) in [4.78, 5) is 23.0. The van der Waals surface area contributed by atoms with E-state index < -0.39 is 12.2 Å². The Balaban J connectivity index is 1.39. The van der Waals surface area contributed by atoms with Gasteiger partial charge in [-0.05, 0) is 24.8 Å². The number of rotatable bonds is 7. The first-order chi connectivity index (χ1) is 15.9. The van der Waals surface area contributed by atoms with Crippen molar-refractivity contribution in [3.05, 3.63) is 36.9 Å². The minimum atomic E-state index is -1.21. The summed E-state index contributed by atoms with van der Waals surface area (Å²) in [6.07, 6.45) is 7.97. The van der Waals surface area contributed by atoms with Gasteiger partial charge in [-0.15, -0.1) is 5.10 Å². The van der Waals surface area contributed by atoms with Gasteiger partial charge in [-0.1, -0.05) is 6.58 Å². The van der Waals surface area contributed by atoms with Gasteiger partial charge < -0.3 is 20.3 Å². The van der Waals surface area contributed by atoms with Gasteiger partial charge in [0.05, 0.1) is 32.1 Å². The van der Waals surface area contributed by atoms with Crippen LogP contribution in [-0.4, -0.2) is 62.5 Å². The van der Waals surface area contributed by atoms with Crippen molar-refractivity contribution >= 4 is 28.9 Å². The molecule has 0 spiro atoms. The van der Waals surface area contributed by atoms with Gasteiger partial charge in [0.2, 0.25) is 5.91 Å². The highest BCUT2D eigenvalue weighted by Crippen LogP contribution is 2.75. The number of amides is 1. The Bertz CT molecular complexity index is 1280. The summed E-state index contributed by atoms with van der Waals surface area (Å²) in [5.74, 6) is 1.94. The monoisotopic (exact) mass is 452 g/mol. The number of nitrogens with zero attached hydrogens (tertiary/aromatic N) is 6. The van der Waals surface area contributed by atoms with Gasteiger partial charge in [-0.25, -0.2) is 14.4 Å². The number of nitrogens with one attached hydrogen (secondary N) is 2. The third-order valence-electron chi connectivity index (χ3n) is 7.00. The fourth-order valence-corrected chi connectivity index (χ4v) is 4.86. The molecule has 2 N–H and O–H groups in total. The van der Waals surface area contributed by atoms with Crippen molar-refractivity contribution in [2.45, 2.75) is 30.5 Å². The molecule has 2 aliphatic carbocycles. The number of anilines is 3. The van der Waals surface area contributed by atoms with E-state index in [0.29, 0.717) is 35.4 Å². The van der Waals surface area contributed by atoms with Gasteiger partial charge in [-0.3, -0.25) is 13.9 Å². The van der Waals surface area contributed by atoms with Gasteiger partial charge >= 0.3 is 0 Å². The number of alkyl halides is 1. The van der Waals surface area contributed by atoms with Crippen LogP contribution in [0.5, 0.6) is 5.88 Å². The quantitative estimate of drug-likeness (QED) is 0.526. The number of ether oxygens (including phenoxy) is 1. The first-order valence-electron chi connectivity index (χ1n) is 11.0. The SMILES string of the molecule is C=CC(=O)NC1CN(c2cn3c(C45CC4C5)cnc3c(Nc3cn(C)nc3OC)n2)CC1F. The Morgan fingerprint density at radius 1 is 1.36 bits per heavy atom. The van der Waals surface area contributed by atoms with Crippen molar-refractivity contribution in [1.82, 2.24) is 29.5 Å². The third-order valence-corrected chi connectivity index (χ3v) is 7.00. The van der Waals surface area contributed by atoms with Crippen LogP contribution >= 0.6 is 0 Å². The molecule has 33 heavy (non-hydrogen) atoms. The highest BCUT2D eigenvalue weighted by atomic mass is 19.1. The van der Waals surface area contributed by atoms with E-state index in [9.17, 15) is 9.18 Å². The summed E-state index contributed by atoms with van der Waals surface area (Å²) < 4.78 is 23.8. The van der Waals surface area contributed by atoms with Crippen LogP contribution in [0.15, 0.2) is 31.2 Å². The van der Waals surface area contributed by atoms with E-state index in [-0.39, 0.29) is 17.9 Å². The molecular weight excluding hydrogens is 427 g/mol. The zero-order valence-corrected chi connectivity index (χ0v) is 18.5. The van der Waals surface area contributed by atoms with Crippen LogP contribution in [-0.2, 0) is 17.3 Å². The predicted octanol–water partition coefficient (Wildman–Crippen LogP) is 1.71. The van der Waals surface area contributed by atoms with E-state index in [4.69, 9.17) is 9.72 Å². The van der Waals surface area contributed by atoms with Gasteiger partial charge in [0.25, 0.3) is 5.88 Å². The zero-order valence-electron chi connectivity index (χ0n) is 18.5. The molecule has 6 rings (SSSR count). The number of aryl methyl sites for hydroxylation is 1. The van der Waals surface area contributed by atoms with E-state index in [1.165, 1.54) is 18.5 Å². The van der Waals surface area contributed by atoms with E-state index in [1.54, 1.807) is 18.0 Å². The first kappa shape index (κ1) is 20.0. The molecule has 0 radical (unpaired) electrons.